The van der Waals surface area contributed by atoms with Crippen LogP contribution in [0, 0.1) is 6.92 Å². The lowest BCUT2D eigenvalue weighted by molar-refractivity contribution is -0.136. The maximum absolute atomic E-state index is 13.8. The molecule has 0 bridgehead atoms. The summed E-state index contributed by atoms with van der Waals surface area (Å²) in [5.41, 5.74) is 7.83. The van der Waals surface area contributed by atoms with E-state index >= 15 is 0 Å². The van der Waals surface area contributed by atoms with Gasteiger partial charge in [-0.2, -0.15) is 5.10 Å². The van der Waals surface area contributed by atoms with Crippen molar-refractivity contribution in [2.24, 2.45) is 0 Å². The highest BCUT2D eigenvalue weighted by Crippen LogP contribution is 2.39. The minimum atomic E-state index is -0.924. The molecule has 2 amide bonds. The van der Waals surface area contributed by atoms with Crippen LogP contribution in [0.2, 0.25) is 0 Å². The number of fused-ring (bicyclic) bond motifs is 2. The topological polar surface area (TPSA) is 162 Å². The van der Waals surface area contributed by atoms with Gasteiger partial charge in [-0.25, -0.2) is 0 Å². The van der Waals surface area contributed by atoms with E-state index < -0.39 is 5.97 Å². The molecule has 0 spiro atoms. The Kier molecular flexibility index (Phi) is 9.20. The molecule has 0 aliphatic carbocycles. The van der Waals surface area contributed by atoms with Crippen LogP contribution in [-0.4, -0.2) is 69.0 Å². The summed E-state index contributed by atoms with van der Waals surface area (Å²) in [6.45, 7) is 4.11. The third-order valence-electron chi connectivity index (χ3n) is 8.57. The molecule has 4 heterocycles. The lowest BCUT2D eigenvalue weighted by Crippen LogP contribution is -2.31. The van der Waals surface area contributed by atoms with E-state index in [0.717, 1.165) is 52.0 Å². The number of hydrogen-bond donors (Lipinski definition) is 5. The quantitative estimate of drug-likeness (QED) is 0.158. The van der Waals surface area contributed by atoms with Crippen LogP contribution in [0.15, 0.2) is 60.8 Å². The molecule has 0 radical (unpaired) electrons. The molecule has 0 saturated carbocycles. The third-order valence-corrected chi connectivity index (χ3v) is 8.57. The summed E-state index contributed by atoms with van der Waals surface area (Å²) >= 11 is 0. The van der Waals surface area contributed by atoms with Gasteiger partial charge in [-0.15, -0.1) is 0 Å². The zero-order chi connectivity index (χ0) is 32.2. The number of anilines is 2. The molecule has 2 aliphatic heterocycles. The Bertz CT molecular complexity index is 1770. The number of carboxylic acids is 1. The van der Waals surface area contributed by atoms with E-state index in [1.807, 2.05) is 54.1 Å². The molecule has 238 valence electrons. The second-order valence-corrected chi connectivity index (χ2v) is 11.5. The standard InChI is InChI=1S/C34H37N7O5/c1-21-23(5-2-7-26(21)38-33(45)28-11-10-22(19-36-28)18-35-13-16-42)24-6-3-9-30-25(24)12-15-40(30)34(46)29-17-31-27(37-20-32(43)44)8-4-14-41(31)39-29/h2-3,5-7,9-11,17,19,27,35,37,42H,4,8,12-16,18,20H2,1H3,(H,38,45)(H,43,44). The molecule has 2 aliphatic rings. The average molecular weight is 624 g/mol. The van der Waals surface area contributed by atoms with Crippen molar-refractivity contribution >= 4 is 29.2 Å². The molecule has 12 nitrogen and oxygen atoms in total. The van der Waals surface area contributed by atoms with Gasteiger partial charge >= 0.3 is 5.97 Å². The van der Waals surface area contributed by atoms with E-state index in [0.29, 0.717) is 49.7 Å². The van der Waals surface area contributed by atoms with Crippen LogP contribution in [0.5, 0.6) is 0 Å². The van der Waals surface area contributed by atoms with Crippen LogP contribution < -0.4 is 20.9 Å². The van der Waals surface area contributed by atoms with Crippen LogP contribution >= 0.6 is 0 Å². The van der Waals surface area contributed by atoms with E-state index in [4.69, 9.17) is 10.2 Å². The summed E-state index contributed by atoms with van der Waals surface area (Å²) in [6.07, 6.45) is 3.96. The Labute approximate surface area is 266 Å². The third kappa shape index (κ3) is 6.41. The summed E-state index contributed by atoms with van der Waals surface area (Å²) in [5.74, 6) is -1.42. The molecule has 46 heavy (non-hydrogen) atoms. The maximum atomic E-state index is 13.8. The van der Waals surface area contributed by atoms with Crippen molar-refractivity contribution < 1.29 is 24.6 Å². The van der Waals surface area contributed by atoms with Gasteiger partial charge in [0, 0.05) is 49.8 Å². The minimum absolute atomic E-state index is 0.0543. The maximum Gasteiger partial charge on any atom is 0.317 e. The average Bonchev–Trinajstić information content (AvgIpc) is 3.70. The largest absolute Gasteiger partial charge is 0.480 e. The number of aliphatic carboxylic acids is 1. The number of rotatable bonds is 11. The van der Waals surface area contributed by atoms with Gasteiger partial charge in [0.2, 0.25) is 0 Å². The number of aliphatic hydroxyl groups excluding tert-OH is 1. The molecule has 12 heteroatoms. The number of nitrogens with zero attached hydrogens (tertiary/aromatic N) is 4. The Balaban J connectivity index is 1.20. The molecule has 0 saturated heterocycles. The van der Waals surface area contributed by atoms with Gasteiger partial charge in [-0.05, 0) is 78.3 Å². The first-order chi connectivity index (χ1) is 22.3. The predicted octanol–water partition coefficient (Wildman–Crippen LogP) is 3.30. The summed E-state index contributed by atoms with van der Waals surface area (Å²) < 4.78 is 1.81. The van der Waals surface area contributed by atoms with Crippen molar-refractivity contribution in [1.82, 2.24) is 25.4 Å². The Morgan fingerprint density at radius 2 is 1.85 bits per heavy atom. The summed E-state index contributed by atoms with van der Waals surface area (Å²) in [4.78, 5) is 44.0. The molecular formula is C34H37N7O5. The van der Waals surface area contributed by atoms with E-state index in [9.17, 15) is 14.4 Å². The number of aryl methyl sites for hydroxylation is 1. The number of amides is 2. The number of aromatic nitrogens is 3. The molecule has 4 aromatic rings. The Hall–Kier alpha value is -4.91. The summed E-state index contributed by atoms with van der Waals surface area (Å²) in [6, 6.07) is 16.9. The highest BCUT2D eigenvalue weighted by molar-refractivity contribution is 6.07. The van der Waals surface area contributed by atoms with Crippen molar-refractivity contribution in [2.75, 3.05) is 36.5 Å². The molecule has 6 rings (SSSR count). The second-order valence-electron chi connectivity index (χ2n) is 11.5. The number of carbonyl (C=O) groups excluding carboxylic acids is 2. The number of carbonyl (C=O) groups is 3. The number of carboxylic acid groups (broad SMARTS) is 1. The number of nitrogens with one attached hydrogen (secondary N) is 3. The fourth-order valence-corrected chi connectivity index (χ4v) is 6.27. The summed E-state index contributed by atoms with van der Waals surface area (Å²) in [5, 5.41) is 31.8. The molecule has 2 aromatic carbocycles. The monoisotopic (exact) mass is 623 g/mol. The van der Waals surface area contributed by atoms with Gasteiger partial charge in [0.1, 0.15) is 5.69 Å². The van der Waals surface area contributed by atoms with Crippen LogP contribution in [-0.2, 0) is 24.3 Å². The fraction of sp³-hybridized carbons (Fsp3) is 0.324. The van der Waals surface area contributed by atoms with Crippen LogP contribution in [0.3, 0.4) is 0 Å². The van der Waals surface area contributed by atoms with Gasteiger partial charge in [0.25, 0.3) is 11.8 Å². The first-order valence-corrected chi connectivity index (χ1v) is 15.5. The summed E-state index contributed by atoms with van der Waals surface area (Å²) in [7, 11) is 0. The smallest absolute Gasteiger partial charge is 0.317 e. The lowest BCUT2D eigenvalue weighted by atomic mass is 9.93. The number of pyridine rings is 1. The zero-order valence-electron chi connectivity index (χ0n) is 25.6. The lowest BCUT2D eigenvalue weighted by Gasteiger charge is -2.23. The number of benzene rings is 2. The second kappa shape index (κ2) is 13.6. The minimum Gasteiger partial charge on any atom is -0.480 e. The molecule has 2 aromatic heterocycles. The SMILES string of the molecule is Cc1c(NC(=O)c2ccc(CNCCO)cn2)cccc1-c1cccc2c1CCN2C(=O)c1cc2n(n1)CCCC2NCC(=O)O. The van der Waals surface area contributed by atoms with E-state index in [1.165, 1.54) is 0 Å². The molecular weight excluding hydrogens is 586 g/mol. The zero-order valence-corrected chi connectivity index (χ0v) is 25.6. The van der Waals surface area contributed by atoms with E-state index in [1.54, 1.807) is 23.2 Å². The number of aliphatic hydroxyl groups is 1. The van der Waals surface area contributed by atoms with Gasteiger partial charge < -0.3 is 25.7 Å². The van der Waals surface area contributed by atoms with Gasteiger partial charge in [-0.1, -0.05) is 30.3 Å². The predicted molar refractivity (Wildman–Crippen MR) is 173 cm³/mol. The first-order valence-electron chi connectivity index (χ1n) is 15.5. The first kappa shape index (κ1) is 31.1. The highest BCUT2D eigenvalue weighted by atomic mass is 16.4. The van der Waals surface area contributed by atoms with Crippen LogP contribution in [0.25, 0.3) is 11.1 Å². The molecule has 1 unspecified atom stereocenters. The Morgan fingerprint density at radius 1 is 1.02 bits per heavy atom. The van der Waals surface area contributed by atoms with Gasteiger partial charge in [-0.3, -0.25) is 29.4 Å². The molecule has 1 atom stereocenters. The van der Waals surface area contributed by atoms with Gasteiger partial charge in [0.15, 0.2) is 5.69 Å². The van der Waals surface area contributed by atoms with Crippen molar-refractivity contribution in [3.63, 3.8) is 0 Å². The van der Waals surface area contributed by atoms with Crippen LogP contribution in [0.4, 0.5) is 11.4 Å². The van der Waals surface area contributed by atoms with E-state index in [-0.39, 0.29) is 31.0 Å². The Morgan fingerprint density at radius 3 is 2.63 bits per heavy atom. The normalized spacial score (nSPS) is 15.3. The van der Waals surface area contributed by atoms with Crippen molar-refractivity contribution in [2.45, 2.75) is 45.3 Å². The fourth-order valence-electron chi connectivity index (χ4n) is 6.27. The van der Waals surface area contributed by atoms with E-state index in [2.05, 4.69) is 26.0 Å². The van der Waals surface area contributed by atoms with Gasteiger partial charge in [0.05, 0.1) is 18.8 Å². The van der Waals surface area contributed by atoms with Crippen LogP contribution in [0.1, 0.15) is 62.2 Å². The van der Waals surface area contributed by atoms with Crippen molar-refractivity contribution in [3.8, 4) is 11.1 Å². The number of hydrogen-bond acceptors (Lipinski definition) is 8. The molecule has 5 N–H and O–H groups in total. The highest BCUT2D eigenvalue weighted by Gasteiger charge is 2.31. The van der Waals surface area contributed by atoms with Crippen molar-refractivity contribution in [1.29, 1.82) is 0 Å². The van der Waals surface area contributed by atoms with Crippen molar-refractivity contribution in [3.05, 3.63) is 94.6 Å². The molecule has 0 fully saturated rings.